The molecule has 0 aliphatic carbocycles. The van der Waals surface area contributed by atoms with Gasteiger partial charge in [0.15, 0.2) is 0 Å². The summed E-state index contributed by atoms with van der Waals surface area (Å²) < 4.78 is 11.3. The Hall–Kier alpha value is -4.07. The summed E-state index contributed by atoms with van der Waals surface area (Å²) in [4.78, 5) is 10.6. The summed E-state index contributed by atoms with van der Waals surface area (Å²) in [5, 5.41) is 29.6. The van der Waals surface area contributed by atoms with Crippen LogP contribution in [0.5, 0.6) is 23.0 Å². The lowest BCUT2D eigenvalue weighted by Crippen LogP contribution is -1.94. The minimum absolute atomic E-state index is 0.00658. The molecule has 0 spiro atoms. The zero-order valence-corrected chi connectivity index (χ0v) is 14.9. The minimum Gasteiger partial charge on any atom is -0.457 e. The highest BCUT2D eigenvalue weighted by molar-refractivity contribution is 6.30. The number of nitro benzene ring substituents is 1. The van der Waals surface area contributed by atoms with Gasteiger partial charge in [0.2, 0.25) is 5.75 Å². The lowest BCUT2D eigenvalue weighted by atomic mass is 10.1. The van der Waals surface area contributed by atoms with E-state index in [0.717, 1.165) is 0 Å². The molecular formula is C20H10ClN3O4. The van der Waals surface area contributed by atoms with Crippen LogP contribution in [-0.2, 0) is 0 Å². The average molecular weight is 392 g/mol. The van der Waals surface area contributed by atoms with Crippen molar-refractivity contribution < 1.29 is 14.4 Å². The summed E-state index contributed by atoms with van der Waals surface area (Å²) in [5.74, 6) is 0.954. The number of benzene rings is 3. The Labute approximate surface area is 164 Å². The first-order chi connectivity index (χ1) is 13.5. The van der Waals surface area contributed by atoms with Crippen LogP contribution in [0.3, 0.4) is 0 Å². The molecule has 3 aromatic rings. The number of halogens is 1. The van der Waals surface area contributed by atoms with E-state index < -0.39 is 4.92 Å². The molecule has 136 valence electrons. The standard InChI is InChI=1S/C20H10ClN3O4/c21-15-4-5-19(24(25)26)20(9-15)28-17-3-1-2-16(10-17)27-18-7-13(11-22)6-14(8-18)12-23/h1-10H. The predicted octanol–water partition coefficient (Wildman–Crippen LogP) is 5.58. The topological polar surface area (TPSA) is 109 Å². The third-order valence-electron chi connectivity index (χ3n) is 3.55. The summed E-state index contributed by atoms with van der Waals surface area (Å²) in [6.45, 7) is 0. The van der Waals surface area contributed by atoms with Gasteiger partial charge in [0, 0.05) is 23.2 Å². The molecule has 3 aromatic carbocycles. The molecule has 3 rings (SSSR count). The Bertz CT molecular complexity index is 1120. The molecule has 0 aliphatic heterocycles. The molecule has 28 heavy (non-hydrogen) atoms. The summed E-state index contributed by atoms with van der Waals surface area (Å²) in [6, 6.07) is 18.8. The van der Waals surface area contributed by atoms with E-state index in [1.54, 1.807) is 18.2 Å². The first-order valence-electron chi connectivity index (χ1n) is 7.83. The summed E-state index contributed by atoms with van der Waals surface area (Å²) in [5.41, 5.74) is 0.350. The fraction of sp³-hybridized carbons (Fsp3) is 0. The van der Waals surface area contributed by atoms with E-state index in [9.17, 15) is 10.1 Å². The second-order valence-electron chi connectivity index (χ2n) is 5.52. The Morgan fingerprint density at radius 3 is 2.11 bits per heavy atom. The van der Waals surface area contributed by atoms with E-state index in [4.69, 9.17) is 31.6 Å². The van der Waals surface area contributed by atoms with Crippen LogP contribution in [0.25, 0.3) is 0 Å². The zero-order chi connectivity index (χ0) is 20.1. The van der Waals surface area contributed by atoms with Crippen LogP contribution in [-0.4, -0.2) is 4.92 Å². The minimum atomic E-state index is -0.567. The fourth-order valence-electron chi connectivity index (χ4n) is 2.37. The van der Waals surface area contributed by atoms with Crippen molar-refractivity contribution in [2.75, 3.05) is 0 Å². The normalized spacial score (nSPS) is 9.82. The van der Waals surface area contributed by atoms with Crippen LogP contribution in [0.1, 0.15) is 11.1 Å². The van der Waals surface area contributed by atoms with Crippen molar-refractivity contribution in [1.29, 1.82) is 10.5 Å². The average Bonchev–Trinajstić information content (AvgIpc) is 2.67. The van der Waals surface area contributed by atoms with E-state index in [2.05, 4.69) is 0 Å². The van der Waals surface area contributed by atoms with Crippen LogP contribution < -0.4 is 9.47 Å². The third-order valence-corrected chi connectivity index (χ3v) is 3.79. The van der Waals surface area contributed by atoms with Gasteiger partial charge in [-0.05, 0) is 36.4 Å². The number of nitro groups is 1. The van der Waals surface area contributed by atoms with E-state index >= 15 is 0 Å². The summed E-state index contributed by atoms with van der Waals surface area (Å²) in [6.07, 6.45) is 0. The Morgan fingerprint density at radius 1 is 0.857 bits per heavy atom. The van der Waals surface area contributed by atoms with Crippen molar-refractivity contribution in [2.45, 2.75) is 0 Å². The van der Waals surface area contributed by atoms with Crippen molar-refractivity contribution in [2.24, 2.45) is 0 Å². The summed E-state index contributed by atoms with van der Waals surface area (Å²) in [7, 11) is 0. The molecule has 0 unspecified atom stereocenters. The van der Waals surface area contributed by atoms with Gasteiger partial charge in [-0.15, -0.1) is 0 Å². The monoisotopic (exact) mass is 391 g/mol. The van der Waals surface area contributed by atoms with E-state index in [1.165, 1.54) is 42.5 Å². The zero-order valence-electron chi connectivity index (χ0n) is 14.1. The van der Waals surface area contributed by atoms with Gasteiger partial charge in [0.25, 0.3) is 0 Å². The second-order valence-corrected chi connectivity index (χ2v) is 5.95. The van der Waals surface area contributed by atoms with Crippen molar-refractivity contribution in [3.63, 3.8) is 0 Å². The van der Waals surface area contributed by atoms with E-state index in [0.29, 0.717) is 22.3 Å². The maximum Gasteiger partial charge on any atom is 0.311 e. The van der Waals surface area contributed by atoms with Gasteiger partial charge in [-0.3, -0.25) is 10.1 Å². The highest BCUT2D eigenvalue weighted by Crippen LogP contribution is 2.35. The molecule has 0 aliphatic rings. The molecule has 0 heterocycles. The molecule has 8 heteroatoms. The Kier molecular flexibility index (Phi) is 5.40. The molecule has 0 amide bonds. The molecule has 0 atom stereocenters. The SMILES string of the molecule is N#Cc1cc(C#N)cc(Oc2cccc(Oc3cc(Cl)ccc3[N+](=O)[O-])c2)c1. The predicted molar refractivity (Wildman–Crippen MR) is 101 cm³/mol. The smallest absolute Gasteiger partial charge is 0.311 e. The number of rotatable bonds is 5. The fourth-order valence-corrected chi connectivity index (χ4v) is 2.53. The maximum absolute atomic E-state index is 11.2. The van der Waals surface area contributed by atoms with Crippen molar-refractivity contribution in [3.05, 3.63) is 86.9 Å². The molecule has 0 fully saturated rings. The maximum atomic E-state index is 11.2. The van der Waals surface area contributed by atoms with Crippen molar-refractivity contribution >= 4 is 17.3 Å². The van der Waals surface area contributed by atoms with E-state index in [1.807, 2.05) is 12.1 Å². The van der Waals surface area contributed by atoms with Crippen LogP contribution in [0, 0.1) is 32.8 Å². The molecular weight excluding hydrogens is 382 g/mol. The largest absolute Gasteiger partial charge is 0.457 e. The highest BCUT2D eigenvalue weighted by atomic mass is 35.5. The van der Waals surface area contributed by atoms with E-state index in [-0.39, 0.29) is 22.6 Å². The van der Waals surface area contributed by atoms with Gasteiger partial charge in [0.1, 0.15) is 17.2 Å². The number of hydrogen-bond donors (Lipinski definition) is 0. The Balaban J connectivity index is 1.89. The van der Waals surface area contributed by atoms with Crippen molar-refractivity contribution in [3.8, 4) is 35.1 Å². The van der Waals surface area contributed by atoms with Crippen LogP contribution >= 0.6 is 11.6 Å². The molecule has 0 radical (unpaired) electrons. The van der Waals surface area contributed by atoms with Gasteiger partial charge < -0.3 is 9.47 Å². The van der Waals surface area contributed by atoms with Crippen LogP contribution in [0.15, 0.2) is 60.7 Å². The van der Waals surface area contributed by atoms with Gasteiger partial charge in [-0.2, -0.15) is 10.5 Å². The number of nitriles is 2. The summed E-state index contributed by atoms with van der Waals surface area (Å²) >= 11 is 5.90. The number of hydrogen-bond acceptors (Lipinski definition) is 6. The lowest BCUT2D eigenvalue weighted by molar-refractivity contribution is -0.385. The third kappa shape index (κ3) is 4.36. The molecule has 0 saturated heterocycles. The second kappa shape index (κ2) is 8.09. The first kappa shape index (κ1) is 18.7. The van der Waals surface area contributed by atoms with Crippen LogP contribution in [0.4, 0.5) is 5.69 Å². The van der Waals surface area contributed by atoms with Gasteiger partial charge >= 0.3 is 5.69 Å². The highest BCUT2D eigenvalue weighted by Gasteiger charge is 2.16. The molecule has 7 nitrogen and oxygen atoms in total. The number of ether oxygens (including phenoxy) is 2. The van der Waals surface area contributed by atoms with Gasteiger partial charge in [0.05, 0.1) is 28.2 Å². The first-order valence-corrected chi connectivity index (χ1v) is 8.21. The molecule has 0 N–H and O–H groups in total. The quantitative estimate of drug-likeness (QED) is 0.415. The molecule has 0 aromatic heterocycles. The molecule has 0 bridgehead atoms. The lowest BCUT2D eigenvalue weighted by Gasteiger charge is -2.10. The van der Waals surface area contributed by atoms with Crippen molar-refractivity contribution in [1.82, 2.24) is 0 Å². The number of nitrogens with zero attached hydrogens (tertiary/aromatic N) is 3. The Morgan fingerprint density at radius 2 is 1.50 bits per heavy atom. The van der Waals surface area contributed by atoms with Gasteiger partial charge in [-0.1, -0.05) is 17.7 Å². The molecule has 0 saturated carbocycles. The van der Waals surface area contributed by atoms with Crippen LogP contribution in [0.2, 0.25) is 5.02 Å². The van der Waals surface area contributed by atoms with Gasteiger partial charge in [-0.25, -0.2) is 0 Å².